The number of ether oxygens (including phenoxy) is 1. The van der Waals surface area contributed by atoms with E-state index in [1.54, 1.807) is 0 Å². The SMILES string of the molecule is CCN1CCC(c2ccccc2)=C(C(=O)OCCC2CCCCC2)C1.O=C(O)C(=O)O. The number of hydrogen-bond donors (Lipinski definition) is 2. The van der Waals surface area contributed by atoms with Gasteiger partial charge in [0.15, 0.2) is 0 Å². The zero-order chi connectivity index (χ0) is 22.6. The predicted octanol–water partition coefficient (Wildman–Crippen LogP) is 3.84. The molecule has 1 heterocycles. The predicted molar refractivity (Wildman–Crippen MR) is 118 cm³/mol. The minimum absolute atomic E-state index is 0.104. The number of benzene rings is 1. The van der Waals surface area contributed by atoms with Crippen LogP contribution in [0.4, 0.5) is 0 Å². The second-order valence-corrected chi connectivity index (χ2v) is 7.98. The van der Waals surface area contributed by atoms with Crippen molar-refractivity contribution in [3.05, 3.63) is 41.5 Å². The van der Waals surface area contributed by atoms with Gasteiger partial charge in [-0.05, 0) is 36.4 Å². The molecule has 0 radical (unpaired) electrons. The van der Waals surface area contributed by atoms with Crippen molar-refractivity contribution >= 4 is 23.5 Å². The van der Waals surface area contributed by atoms with Crippen LogP contribution in [0.2, 0.25) is 0 Å². The summed E-state index contributed by atoms with van der Waals surface area (Å²) in [6.07, 6.45) is 8.61. The number of rotatable bonds is 6. The highest BCUT2D eigenvalue weighted by Crippen LogP contribution is 2.29. The van der Waals surface area contributed by atoms with Crippen LogP contribution in [0.1, 0.15) is 57.4 Å². The van der Waals surface area contributed by atoms with E-state index in [1.807, 2.05) is 18.2 Å². The molecular formula is C24H33NO6. The maximum absolute atomic E-state index is 12.8. The van der Waals surface area contributed by atoms with Gasteiger partial charge in [0.25, 0.3) is 0 Å². The summed E-state index contributed by atoms with van der Waals surface area (Å²) < 4.78 is 5.71. The first kappa shape index (κ1) is 24.6. The number of nitrogens with zero attached hydrogens (tertiary/aromatic N) is 1. The molecule has 0 spiro atoms. The molecule has 2 N–H and O–H groups in total. The number of carboxylic acid groups (broad SMARTS) is 2. The third kappa shape index (κ3) is 8.17. The Morgan fingerprint density at radius 2 is 1.68 bits per heavy atom. The third-order valence-electron chi connectivity index (χ3n) is 5.91. The largest absolute Gasteiger partial charge is 0.473 e. The molecule has 31 heavy (non-hydrogen) atoms. The molecule has 3 rings (SSSR count). The van der Waals surface area contributed by atoms with Crippen LogP contribution in [-0.2, 0) is 19.1 Å². The van der Waals surface area contributed by atoms with Crippen molar-refractivity contribution in [3.8, 4) is 0 Å². The van der Waals surface area contributed by atoms with Crippen LogP contribution in [0.3, 0.4) is 0 Å². The van der Waals surface area contributed by atoms with Crippen molar-refractivity contribution in [2.24, 2.45) is 5.92 Å². The molecular weight excluding hydrogens is 398 g/mol. The molecule has 1 aliphatic carbocycles. The summed E-state index contributed by atoms with van der Waals surface area (Å²) in [5.74, 6) is -3.00. The van der Waals surface area contributed by atoms with E-state index in [0.29, 0.717) is 13.2 Å². The van der Waals surface area contributed by atoms with Crippen LogP contribution in [0.25, 0.3) is 5.57 Å². The Balaban J connectivity index is 0.000000501. The van der Waals surface area contributed by atoms with E-state index in [-0.39, 0.29) is 5.97 Å². The monoisotopic (exact) mass is 431 g/mol. The lowest BCUT2D eigenvalue weighted by Crippen LogP contribution is -2.34. The van der Waals surface area contributed by atoms with Crippen molar-refractivity contribution in [1.29, 1.82) is 0 Å². The van der Waals surface area contributed by atoms with Crippen LogP contribution in [0.5, 0.6) is 0 Å². The van der Waals surface area contributed by atoms with Crippen molar-refractivity contribution < 1.29 is 29.3 Å². The maximum Gasteiger partial charge on any atom is 0.414 e. The lowest BCUT2D eigenvalue weighted by atomic mass is 9.87. The summed E-state index contributed by atoms with van der Waals surface area (Å²) >= 11 is 0. The first-order valence-electron chi connectivity index (χ1n) is 11.1. The summed E-state index contributed by atoms with van der Waals surface area (Å²) in [4.78, 5) is 33.3. The number of esters is 1. The average Bonchev–Trinajstić information content (AvgIpc) is 2.80. The van der Waals surface area contributed by atoms with E-state index >= 15 is 0 Å². The van der Waals surface area contributed by atoms with Gasteiger partial charge in [-0.2, -0.15) is 0 Å². The standard InChI is InChI=1S/C22H31NO2.C2H2O4/c1-2-23-15-13-20(19-11-7-4-8-12-19)21(17-23)22(24)25-16-14-18-9-5-3-6-10-18;3-1(4)2(5)6/h4,7-8,11-12,18H,2-3,5-6,9-10,13-17H2,1H3;(H,3,4)(H,5,6). The molecule has 0 atom stereocenters. The van der Waals surface area contributed by atoms with E-state index < -0.39 is 11.9 Å². The van der Waals surface area contributed by atoms with E-state index in [4.69, 9.17) is 24.5 Å². The Morgan fingerprint density at radius 1 is 1.03 bits per heavy atom. The average molecular weight is 432 g/mol. The summed E-state index contributed by atoms with van der Waals surface area (Å²) in [5.41, 5.74) is 3.20. The molecule has 1 aliphatic heterocycles. The Labute approximate surface area is 183 Å². The fourth-order valence-corrected chi connectivity index (χ4v) is 4.12. The van der Waals surface area contributed by atoms with Crippen molar-refractivity contribution in [1.82, 2.24) is 4.90 Å². The van der Waals surface area contributed by atoms with Crippen LogP contribution in [0.15, 0.2) is 35.9 Å². The van der Waals surface area contributed by atoms with Crippen LogP contribution >= 0.6 is 0 Å². The molecule has 0 amide bonds. The molecule has 0 bridgehead atoms. The first-order valence-corrected chi connectivity index (χ1v) is 11.1. The number of carbonyl (C=O) groups is 3. The molecule has 1 aromatic rings. The second kappa shape index (κ2) is 12.9. The van der Waals surface area contributed by atoms with Gasteiger partial charge in [0.1, 0.15) is 0 Å². The molecule has 1 aromatic carbocycles. The normalized spacial score (nSPS) is 17.5. The number of aliphatic carboxylic acids is 2. The van der Waals surface area contributed by atoms with Gasteiger partial charge in [0.05, 0.1) is 12.2 Å². The number of carboxylic acids is 2. The van der Waals surface area contributed by atoms with Gasteiger partial charge in [-0.15, -0.1) is 0 Å². The fraction of sp³-hybridized carbons (Fsp3) is 0.542. The number of hydrogen-bond acceptors (Lipinski definition) is 5. The minimum Gasteiger partial charge on any atom is -0.473 e. The van der Waals surface area contributed by atoms with Crippen molar-refractivity contribution in [2.45, 2.75) is 51.9 Å². The Bertz CT molecular complexity index is 756. The van der Waals surface area contributed by atoms with Gasteiger partial charge in [-0.3, -0.25) is 4.90 Å². The smallest absolute Gasteiger partial charge is 0.414 e. The zero-order valence-corrected chi connectivity index (χ0v) is 18.2. The van der Waals surface area contributed by atoms with Crippen molar-refractivity contribution in [2.75, 3.05) is 26.2 Å². The van der Waals surface area contributed by atoms with E-state index in [2.05, 4.69) is 24.0 Å². The summed E-state index contributed by atoms with van der Waals surface area (Å²) in [6.45, 7) is 5.42. The third-order valence-corrected chi connectivity index (χ3v) is 5.91. The van der Waals surface area contributed by atoms with Crippen LogP contribution < -0.4 is 0 Å². The quantitative estimate of drug-likeness (QED) is 0.521. The van der Waals surface area contributed by atoms with E-state index in [1.165, 1.54) is 37.7 Å². The van der Waals surface area contributed by atoms with Crippen LogP contribution in [0, 0.1) is 5.92 Å². The summed E-state index contributed by atoms with van der Waals surface area (Å²) in [6, 6.07) is 10.3. The van der Waals surface area contributed by atoms with Gasteiger partial charge >= 0.3 is 17.9 Å². The fourth-order valence-electron chi connectivity index (χ4n) is 4.12. The summed E-state index contributed by atoms with van der Waals surface area (Å²) in [7, 11) is 0. The molecule has 7 heteroatoms. The molecule has 2 aliphatic rings. The van der Waals surface area contributed by atoms with Gasteiger partial charge < -0.3 is 14.9 Å². The number of likely N-dealkylation sites (N-methyl/N-ethyl adjacent to an activating group) is 1. The maximum atomic E-state index is 12.8. The van der Waals surface area contributed by atoms with Gasteiger partial charge in [0.2, 0.25) is 0 Å². The van der Waals surface area contributed by atoms with Crippen molar-refractivity contribution in [3.63, 3.8) is 0 Å². The molecule has 1 fully saturated rings. The Hall–Kier alpha value is -2.67. The molecule has 170 valence electrons. The highest BCUT2D eigenvalue weighted by molar-refractivity contribution is 6.27. The molecule has 1 saturated carbocycles. The topological polar surface area (TPSA) is 104 Å². The second-order valence-electron chi connectivity index (χ2n) is 7.98. The molecule has 0 unspecified atom stereocenters. The highest BCUT2D eigenvalue weighted by Gasteiger charge is 2.25. The highest BCUT2D eigenvalue weighted by atomic mass is 16.5. The van der Waals surface area contributed by atoms with Gasteiger partial charge in [0, 0.05) is 13.1 Å². The Morgan fingerprint density at radius 3 is 2.26 bits per heavy atom. The molecule has 0 saturated heterocycles. The van der Waals surface area contributed by atoms with E-state index in [0.717, 1.165) is 43.0 Å². The first-order chi connectivity index (χ1) is 14.9. The minimum atomic E-state index is -1.82. The zero-order valence-electron chi connectivity index (χ0n) is 18.2. The summed E-state index contributed by atoms with van der Waals surface area (Å²) in [5, 5.41) is 14.8. The van der Waals surface area contributed by atoms with E-state index in [9.17, 15) is 4.79 Å². The van der Waals surface area contributed by atoms with Gasteiger partial charge in [-0.1, -0.05) is 69.4 Å². The molecule has 7 nitrogen and oxygen atoms in total. The number of carbonyl (C=O) groups excluding carboxylic acids is 1. The van der Waals surface area contributed by atoms with Gasteiger partial charge in [-0.25, -0.2) is 14.4 Å². The lowest BCUT2D eigenvalue weighted by molar-refractivity contribution is -0.159. The van der Waals surface area contributed by atoms with Crippen LogP contribution in [-0.4, -0.2) is 59.3 Å². The Kier molecular flexibility index (Phi) is 10.2. The molecule has 0 aromatic heterocycles. The lowest BCUT2D eigenvalue weighted by Gasteiger charge is -2.29.